The molecule has 1 fully saturated rings. The first-order valence-corrected chi connectivity index (χ1v) is 8.06. The average Bonchev–Trinajstić information content (AvgIpc) is 2.91. The highest BCUT2D eigenvalue weighted by Gasteiger charge is 2.22. The lowest BCUT2D eigenvalue weighted by atomic mass is 10.2. The molecule has 0 bridgehead atoms. The molecule has 0 radical (unpaired) electrons. The van der Waals surface area contributed by atoms with Crippen LogP contribution in [0.2, 0.25) is 0 Å². The lowest BCUT2D eigenvalue weighted by Crippen LogP contribution is -1.99. The van der Waals surface area contributed by atoms with Crippen LogP contribution in [-0.4, -0.2) is 26.4 Å². The van der Waals surface area contributed by atoms with Gasteiger partial charge in [0.1, 0.15) is 0 Å². The van der Waals surface area contributed by atoms with Gasteiger partial charge in [-0.15, -0.1) is 10.2 Å². The van der Waals surface area contributed by atoms with Crippen molar-refractivity contribution in [2.45, 2.75) is 48.7 Å². The van der Waals surface area contributed by atoms with E-state index in [0.717, 1.165) is 15.3 Å². The van der Waals surface area contributed by atoms with Gasteiger partial charge in [0.25, 0.3) is 0 Å². The van der Waals surface area contributed by atoms with Crippen LogP contribution in [-0.2, 0) is 5.75 Å². The molecule has 8 heteroatoms. The second-order valence-corrected chi connectivity index (χ2v) is 6.98. The molecule has 1 aliphatic rings. The van der Waals surface area contributed by atoms with Gasteiger partial charge in [0.05, 0.1) is 5.75 Å². The first-order valence-electron chi connectivity index (χ1n) is 6.26. The number of anilines is 1. The molecule has 2 aromatic rings. The zero-order valence-electron chi connectivity index (χ0n) is 10.8. The molecular formula is C11H15N5OS2. The largest absolute Gasteiger partial charge is 0.357 e. The quantitative estimate of drug-likeness (QED) is 0.821. The predicted octanol–water partition coefficient (Wildman–Crippen LogP) is 2.91. The van der Waals surface area contributed by atoms with Crippen molar-refractivity contribution in [1.29, 1.82) is 0 Å². The Kier molecular flexibility index (Phi) is 3.69. The van der Waals surface area contributed by atoms with Crippen molar-refractivity contribution in [2.24, 2.45) is 0 Å². The minimum Gasteiger partial charge on any atom is -0.357 e. The third-order valence-corrected chi connectivity index (χ3v) is 4.60. The van der Waals surface area contributed by atoms with E-state index in [4.69, 9.17) is 4.52 Å². The Morgan fingerprint density at radius 1 is 1.42 bits per heavy atom. The zero-order valence-corrected chi connectivity index (χ0v) is 12.4. The number of thioether (sulfide) groups is 1. The van der Waals surface area contributed by atoms with E-state index in [-0.39, 0.29) is 0 Å². The molecule has 6 nitrogen and oxygen atoms in total. The van der Waals surface area contributed by atoms with E-state index in [1.54, 1.807) is 23.1 Å². The molecule has 3 rings (SSSR count). The minimum atomic E-state index is 0.290. The van der Waals surface area contributed by atoms with Crippen LogP contribution in [0.25, 0.3) is 0 Å². The van der Waals surface area contributed by atoms with Crippen molar-refractivity contribution in [3.05, 3.63) is 11.7 Å². The summed E-state index contributed by atoms with van der Waals surface area (Å²) in [7, 11) is 0. The van der Waals surface area contributed by atoms with Gasteiger partial charge >= 0.3 is 0 Å². The molecule has 0 unspecified atom stereocenters. The summed E-state index contributed by atoms with van der Waals surface area (Å²) >= 11 is 3.15. The Hall–Kier alpha value is -1.15. The molecule has 102 valence electrons. The van der Waals surface area contributed by atoms with Crippen molar-refractivity contribution < 1.29 is 4.52 Å². The van der Waals surface area contributed by atoms with Crippen molar-refractivity contribution in [1.82, 2.24) is 20.3 Å². The number of rotatable bonds is 6. The zero-order chi connectivity index (χ0) is 13.2. The molecule has 0 atom stereocenters. The first kappa shape index (κ1) is 12.9. The topological polar surface area (TPSA) is 76.7 Å². The summed E-state index contributed by atoms with van der Waals surface area (Å²) in [5.74, 6) is 2.32. The van der Waals surface area contributed by atoms with Crippen LogP contribution in [0, 0.1) is 0 Å². The smallest absolute Gasteiger partial charge is 0.237 e. The number of aromatic nitrogens is 4. The molecular weight excluding hydrogens is 282 g/mol. The second-order valence-electron chi connectivity index (χ2n) is 4.78. The fourth-order valence-corrected chi connectivity index (χ4v) is 3.08. The molecule has 2 heterocycles. The highest BCUT2D eigenvalue weighted by atomic mass is 32.2. The van der Waals surface area contributed by atoms with E-state index in [1.165, 1.54) is 12.8 Å². The lowest BCUT2D eigenvalue weighted by Gasteiger charge is -1.94. The van der Waals surface area contributed by atoms with E-state index < -0.39 is 0 Å². The fraction of sp³-hybridized carbons (Fsp3) is 0.636. The normalized spacial score (nSPS) is 15.1. The summed E-state index contributed by atoms with van der Waals surface area (Å²) in [5.41, 5.74) is 0. The van der Waals surface area contributed by atoms with Gasteiger partial charge < -0.3 is 9.84 Å². The number of nitrogens with one attached hydrogen (secondary N) is 1. The number of nitrogens with zero attached hydrogens (tertiary/aromatic N) is 4. The molecule has 1 saturated carbocycles. The van der Waals surface area contributed by atoms with Gasteiger partial charge in [-0.1, -0.05) is 42.1 Å². The van der Waals surface area contributed by atoms with E-state index in [1.807, 2.05) is 13.8 Å². The third kappa shape index (κ3) is 3.44. The van der Waals surface area contributed by atoms with Crippen LogP contribution in [0.4, 0.5) is 5.13 Å². The first-order chi connectivity index (χ1) is 9.20. The SMILES string of the molecule is CC(C)c1noc(CSc2nnc(NC3CC3)s2)n1. The minimum absolute atomic E-state index is 0.290. The van der Waals surface area contributed by atoms with Crippen molar-refractivity contribution in [2.75, 3.05) is 5.32 Å². The van der Waals surface area contributed by atoms with Gasteiger partial charge in [0, 0.05) is 12.0 Å². The summed E-state index contributed by atoms with van der Waals surface area (Å²) in [6.45, 7) is 4.09. The Balaban J connectivity index is 1.54. The summed E-state index contributed by atoms with van der Waals surface area (Å²) < 4.78 is 6.11. The van der Waals surface area contributed by atoms with Gasteiger partial charge in [-0.25, -0.2) is 0 Å². The van der Waals surface area contributed by atoms with Crippen LogP contribution in [0.15, 0.2) is 8.86 Å². The lowest BCUT2D eigenvalue weighted by molar-refractivity contribution is 0.383. The van der Waals surface area contributed by atoms with Crippen molar-refractivity contribution in [3.63, 3.8) is 0 Å². The molecule has 0 aliphatic heterocycles. The van der Waals surface area contributed by atoms with E-state index in [0.29, 0.717) is 23.6 Å². The number of hydrogen-bond donors (Lipinski definition) is 1. The average molecular weight is 297 g/mol. The van der Waals surface area contributed by atoms with E-state index >= 15 is 0 Å². The molecule has 2 aromatic heterocycles. The maximum absolute atomic E-state index is 5.19. The summed E-state index contributed by atoms with van der Waals surface area (Å²) in [5, 5.41) is 16.4. The number of hydrogen-bond acceptors (Lipinski definition) is 8. The predicted molar refractivity (Wildman–Crippen MR) is 74.5 cm³/mol. The van der Waals surface area contributed by atoms with Crippen LogP contribution in [0.1, 0.15) is 44.3 Å². The Morgan fingerprint density at radius 2 is 2.26 bits per heavy atom. The highest BCUT2D eigenvalue weighted by Crippen LogP contribution is 2.31. The Morgan fingerprint density at radius 3 is 2.95 bits per heavy atom. The van der Waals surface area contributed by atoms with E-state index in [9.17, 15) is 0 Å². The summed E-state index contributed by atoms with van der Waals surface area (Å²) in [6.07, 6.45) is 2.48. The molecule has 0 amide bonds. The van der Waals surface area contributed by atoms with Crippen LogP contribution in [0.5, 0.6) is 0 Å². The maximum atomic E-state index is 5.19. The van der Waals surface area contributed by atoms with Crippen LogP contribution < -0.4 is 5.32 Å². The molecule has 1 N–H and O–H groups in total. The van der Waals surface area contributed by atoms with Gasteiger partial charge in [-0.3, -0.25) is 0 Å². The monoisotopic (exact) mass is 297 g/mol. The van der Waals surface area contributed by atoms with Gasteiger partial charge in [-0.2, -0.15) is 4.98 Å². The molecule has 1 aliphatic carbocycles. The molecule has 19 heavy (non-hydrogen) atoms. The molecule has 0 aromatic carbocycles. The Bertz CT molecular complexity index is 549. The maximum Gasteiger partial charge on any atom is 0.237 e. The van der Waals surface area contributed by atoms with Crippen molar-refractivity contribution >= 4 is 28.2 Å². The third-order valence-electron chi connectivity index (χ3n) is 2.63. The molecule has 0 saturated heterocycles. The standard InChI is InChI=1S/C11H15N5OS2/c1-6(2)9-13-8(17-16-9)5-18-11-15-14-10(19-11)12-7-3-4-7/h6-7H,3-5H2,1-2H3,(H,12,14). The van der Waals surface area contributed by atoms with Crippen LogP contribution in [0.3, 0.4) is 0 Å². The summed E-state index contributed by atoms with van der Waals surface area (Å²) in [4.78, 5) is 4.33. The van der Waals surface area contributed by atoms with Gasteiger partial charge in [0.2, 0.25) is 11.0 Å². The Labute approximate surface area is 119 Å². The summed E-state index contributed by atoms with van der Waals surface area (Å²) in [6, 6.07) is 0.607. The van der Waals surface area contributed by atoms with Gasteiger partial charge in [-0.05, 0) is 12.8 Å². The van der Waals surface area contributed by atoms with Crippen LogP contribution >= 0.6 is 23.1 Å². The van der Waals surface area contributed by atoms with Crippen molar-refractivity contribution in [3.8, 4) is 0 Å². The molecule has 0 spiro atoms. The highest BCUT2D eigenvalue weighted by molar-refractivity contribution is 8.00. The second kappa shape index (κ2) is 5.46. The fourth-order valence-electron chi connectivity index (χ4n) is 1.41. The van der Waals surface area contributed by atoms with Gasteiger partial charge in [0.15, 0.2) is 10.2 Å². The van der Waals surface area contributed by atoms with E-state index in [2.05, 4.69) is 25.7 Å².